The molecule has 6 heteroatoms. The highest BCUT2D eigenvalue weighted by atomic mass is 79.9. The van der Waals surface area contributed by atoms with Crippen LogP contribution in [-0.4, -0.2) is 32.0 Å². The van der Waals surface area contributed by atoms with Crippen LogP contribution < -0.4 is 0 Å². The molecule has 0 atom stereocenters. The van der Waals surface area contributed by atoms with Crippen LogP contribution >= 0.6 is 15.9 Å². The summed E-state index contributed by atoms with van der Waals surface area (Å²) in [6, 6.07) is 5.31. The average molecular weight is 348 g/mol. The van der Waals surface area contributed by atoms with E-state index in [1.165, 1.54) is 0 Å². The van der Waals surface area contributed by atoms with Crippen molar-refractivity contribution in [3.05, 3.63) is 28.2 Å². The fourth-order valence-electron chi connectivity index (χ4n) is 2.30. The lowest BCUT2D eigenvalue weighted by molar-refractivity contribution is 0.130. The lowest BCUT2D eigenvalue weighted by atomic mass is 10.0. The monoisotopic (exact) mass is 347 g/mol. The molecule has 0 unspecified atom stereocenters. The van der Waals surface area contributed by atoms with Gasteiger partial charge in [0.2, 0.25) is 10.0 Å². The van der Waals surface area contributed by atoms with Gasteiger partial charge in [-0.1, -0.05) is 15.9 Å². The number of rotatable bonds is 4. The molecular weight excluding hydrogens is 330 g/mol. The number of fused-ring (bicyclic) bond motifs is 1. The first kappa shape index (κ1) is 15.0. The fourth-order valence-corrected chi connectivity index (χ4v) is 4.69. The number of sulfonamides is 1. The number of halogens is 1. The predicted octanol–water partition coefficient (Wildman–Crippen LogP) is 2.77. The van der Waals surface area contributed by atoms with Crippen molar-refractivity contribution in [2.24, 2.45) is 0 Å². The molecule has 1 aliphatic rings. The van der Waals surface area contributed by atoms with E-state index < -0.39 is 15.6 Å². The number of hydrogen-bond donors (Lipinski definition) is 0. The molecule has 2 rings (SSSR count). The Balaban J connectivity index is 2.38. The second-order valence-corrected chi connectivity index (χ2v) is 8.07. The number of ether oxygens (including phenoxy) is 1. The molecule has 0 aliphatic carbocycles. The third kappa shape index (κ3) is 2.72. The number of benzene rings is 1. The maximum Gasteiger partial charge on any atom is 0.244 e. The molecule has 1 aromatic carbocycles. The van der Waals surface area contributed by atoms with Gasteiger partial charge in [-0.15, -0.1) is 0 Å². The van der Waals surface area contributed by atoms with E-state index >= 15 is 0 Å². The Morgan fingerprint density at radius 3 is 2.74 bits per heavy atom. The SMILES string of the molecule is COCCC(C)(C)N1Cc2cc(Br)ccc2S1(=O)=O. The van der Waals surface area contributed by atoms with Gasteiger partial charge in [-0.05, 0) is 44.0 Å². The van der Waals surface area contributed by atoms with Gasteiger partial charge in [0.05, 0.1) is 4.90 Å². The average Bonchev–Trinajstić information content (AvgIpc) is 2.59. The van der Waals surface area contributed by atoms with Gasteiger partial charge < -0.3 is 4.74 Å². The molecule has 4 nitrogen and oxygen atoms in total. The van der Waals surface area contributed by atoms with Crippen molar-refractivity contribution in [2.45, 2.75) is 37.2 Å². The summed E-state index contributed by atoms with van der Waals surface area (Å²) in [5, 5.41) is 0. The Bertz CT molecular complexity index is 584. The van der Waals surface area contributed by atoms with Crippen molar-refractivity contribution in [2.75, 3.05) is 13.7 Å². The Labute approximate surface area is 122 Å². The molecule has 0 aromatic heterocycles. The van der Waals surface area contributed by atoms with Crippen molar-refractivity contribution >= 4 is 26.0 Å². The van der Waals surface area contributed by atoms with Crippen LogP contribution in [0.3, 0.4) is 0 Å². The van der Waals surface area contributed by atoms with Gasteiger partial charge in [0.1, 0.15) is 0 Å². The third-order valence-electron chi connectivity index (χ3n) is 3.50. The minimum absolute atomic E-state index is 0.418. The zero-order valence-corrected chi connectivity index (χ0v) is 13.7. The quantitative estimate of drug-likeness (QED) is 0.841. The number of nitrogens with zero attached hydrogens (tertiary/aromatic N) is 1. The van der Waals surface area contributed by atoms with Gasteiger partial charge in [-0.2, -0.15) is 4.31 Å². The lowest BCUT2D eigenvalue weighted by Crippen LogP contribution is -2.44. The highest BCUT2D eigenvalue weighted by Crippen LogP contribution is 2.38. The first-order valence-corrected chi connectivity index (χ1v) is 8.32. The van der Waals surface area contributed by atoms with E-state index in [0.717, 1.165) is 10.0 Å². The predicted molar refractivity (Wildman–Crippen MR) is 77.4 cm³/mol. The summed E-state index contributed by atoms with van der Waals surface area (Å²) in [6.45, 7) is 4.84. The van der Waals surface area contributed by atoms with E-state index in [0.29, 0.717) is 24.5 Å². The van der Waals surface area contributed by atoms with Crippen LogP contribution in [-0.2, 0) is 21.3 Å². The number of hydrogen-bond acceptors (Lipinski definition) is 3. The molecule has 19 heavy (non-hydrogen) atoms. The van der Waals surface area contributed by atoms with Gasteiger partial charge in [0, 0.05) is 30.3 Å². The summed E-state index contributed by atoms with van der Waals surface area (Å²) in [7, 11) is -1.77. The molecule has 0 saturated heterocycles. The second kappa shape index (κ2) is 5.16. The molecule has 106 valence electrons. The molecule has 0 bridgehead atoms. The topological polar surface area (TPSA) is 46.6 Å². The number of methoxy groups -OCH3 is 1. The fraction of sp³-hybridized carbons (Fsp3) is 0.538. The van der Waals surface area contributed by atoms with Crippen LogP contribution in [0, 0.1) is 0 Å². The van der Waals surface area contributed by atoms with E-state index in [2.05, 4.69) is 15.9 Å². The van der Waals surface area contributed by atoms with Crippen molar-refractivity contribution in [1.82, 2.24) is 4.31 Å². The van der Waals surface area contributed by atoms with Crippen LogP contribution in [0.1, 0.15) is 25.8 Å². The first-order chi connectivity index (χ1) is 8.79. The Morgan fingerprint density at radius 2 is 2.11 bits per heavy atom. The summed E-state index contributed by atoms with van der Waals surface area (Å²) in [4.78, 5) is 0.418. The summed E-state index contributed by atoms with van der Waals surface area (Å²) in [5.41, 5.74) is 0.389. The van der Waals surface area contributed by atoms with E-state index in [1.807, 2.05) is 19.9 Å². The zero-order valence-electron chi connectivity index (χ0n) is 11.3. The van der Waals surface area contributed by atoms with Crippen molar-refractivity contribution in [3.8, 4) is 0 Å². The molecule has 0 fully saturated rings. The normalized spacial score (nSPS) is 18.5. The zero-order chi connectivity index (χ0) is 14.3. The van der Waals surface area contributed by atoms with Crippen LogP contribution in [0.2, 0.25) is 0 Å². The summed E-state index contributed by atoms with van der Waals surface area (Å²) >= 11 is 3.38. The molecule has 0 spiro atoms. The molecule has 1 aliphatic heterocycles. The highest BCUT2D eigenvalue weighted by Gasteiger charge is 2.43. The Morgan fingerprint density at radius 1 is 1.42 bits per heavy atom. The third-order valence-corrected chi connectivity index (χ3v) is 6.15. The molecule has 1 heterocycles. The van der Waals surface area contributed by atoms with E-state index in [9.17, 15) is 8.42 Å². The first-order valence-electron chi connectivity index (χ1n) is 6.09. The molecule has 0 radical (unpaired) electrons. The van der Waals surface area contributed by atoms with Crippen molar-refractivity contribution in [3.63, 3.8) is 0 Å². The van der Waals surface area contributed by atoms with Gasteiger partial charge in [0.15, 0.2) is 0 Å². The standard InChI is InChI=1S/C13H18BrNO3S/c1-13(2,6-7-18-3)15-9-10-8-11(14)4-5-12(10)19(15,16)17/h4-5,8H,6-7,9H2,1-3H3. The van der Waals surface area contributed by atoms with E-state index in [1.54, 1.807) is 23.5 Å². The maximum absolute atomic E-state index is 12.6. The van der Waals surface area contributed by atoms with Gasteiger partial charge in [0.25, 0.3) is 0 Å². The smallest absolute Gasteiger partial charge is 0.244 e. The van der Waals surface area contributed by atoms with Crippen molar-refractivity contribution < 1.29 is 13.2 Å². The minimum atomic E-state index is -3.39. The van der Waals surface area contributed by atoms with Gasteiger partial charge in [-0.3, -0.25) is 0 Å². The second-order valence-electron chi connectivity index (χ2n) is 5.32. The molecular formula is C13H18BrNO3S. The molecule has 0 amide bonds. The summed E-state index contributed by atoms with van der Waals surface area (Å²) < 4.78 is 32.7. The van der Waals surface area contributed by atoms with Crippen LogP contribution in [0.15, 0.2) is 27.6 Å². The van der Waals surface area contributed by atoms with E-state index in [4.69, 9.17) is 4.74 Å². The summed E-state index contributed by atoms with van der Waals surface area (Å²) in [6.07, 6.45) is 0.665. The lowest BCUT2D eigenvalue weighted by Gasteiger charge is -2.33. The van der Waals surface area contributed by atoms with Crippen LogP contribution in [0.25, 0.3) is 0 Å². The van der Waals surface area contributed by atoms with Gasteiger partial charge in [-0.25, -0.2) is 8.42 Å². The maximum atomic E-state index is 12.6. The van der Waals surface area contributed by atoms with Crippen LogP contribution in [0.5, 0.6) is 0 Å². The minimum Gasteiger partial charge on any atom is -0.385 e. The highest BCUT2D eigenvalue weighted by molar-refractivity contribution is 9.10. The Hall–Kier alpha value is -0.430. The molecule has 1 aromatic rings. The largest absolute Gasteiger partial charge is 0.385 e. The Kier molecular flexibility index (Phi) is 4.07. The van der Waals surface area contributed by atoms with E-state index in [-0.39, 0.29) is 0 Å². The molecule has 0 N–H and O–H groups in total. The summed E-state index contributed by atoms with van der Waals surface area (Å²) in [5.74, 6) is 0. The van der Waals surface area contributed by atoms with Crippen molar-refractivity contribution in [1.29, 1.82) is 0 Å². The molecule has 0 saturated carbocycles. The van der Waals surface area contributed by atoms with Gasteiger partial charge >= 0.3 is 0 Å². The van der Waals surface area contributed by atoms with Crippen LogP contribution in [0.4, 0.5) is 0 Å².